The predicted molar refractivity (Wildman–Crippen MR) is 427 cm³/mol. The minimum Gasteiger partial charge on any atom is -0.457 e. The summed E-state index contributed by atoms with van der Waals surface area (Å²) in [7, 11) is 0. The van der Waals surface area contributed by atoms with Crippen LogP contribution in [0.5, 0.6) is 23.0 Å². The van der Waals surface area contributed by atoms with E-state index in [0.717, 1.165) is 140 Å². The maximum Gasteiger partial charge on any atom is 0.160 e. The van der Waals surface area contributed by atoms with Gasteiger partial charge < -0.3 is 9.47 Å². The average molecular weight is 1350 g/mol. The van der Waals surface area contributed by atoms with Crippen LogP contribution >= 0.6 is 0 Å². The number of hydrogen-bond donors (Lipinski definition) is 0. The fraction of sp³-hybridized carbons (Fsp3) is 0.0200. The number of aromatic nitrogens is 4. The van der Waals surface area contributed by atoms with Crippen molar-refractivity contribution < 1.29 is 9.47 Å². The van der Waals surface area contributed by atoms with Crippen LogP contribution in [0.1, 0.15) is 44.5 Å². The Labute approximate surface area is 614 Å². The maximum atomic E-state index is 7.11. The molecule has 0 bridgehead atoms. The summed E-state index contributed by atoms with van der Waals surface area (Å²) in [6.07, 6.45) is 0. The summed E-state index contributed by atoms with van der Waals surface area (Å²) in [4.78, 5) is 21.1. The molecule has 2 aliphatic heterocycles. The van der Waals surface area contributed by atoms with Crippen molar-refractivity contribution in [2.24, 2.45) is 0 Å². The fourth-order valence-electron chi connectivity index (χ4n) is 17.2. The Hall–Kier alpha value is -13.9. The Bertz CT molecular complexity index is 6260. The highest BCUT2D eigenvalue weighted by Gasteiger charge is 2.53. The van der Waals surface area contributed by atoms with E-state index in [4.69, 9.17) is 29.4 Å². The summed E-state index contributed by atoms with van der Waals surface area (Å²) in [5, 5.41) is 0. The van der Waals surface area contributed by atoms with Gasteiger partial charge in [0, 0.05) is 55.6 Å². The molecule has 6 nitrogen and oxygen atoms in total. The second-order valence-corrected chi connectivity index (χ2v) is 27.8. The van der Waals surface area contributed by atoms with Gasteiger partial charge in [0.05, 0.1) is 33.6 Å². The third kappa shape index (κ3) is 9.65. The molecule has 0 amide bonds. The van der Waals surface area contributed by atoms with E-state index in [1.807, 2.05) is 18.2 Å². The third-order valence-corrected chi connectivity index (χ3v) is 22.1. The Balaban J connectivity index is 0.617. The molecular formula is C100H62N4O2. The van der Waals surface area contributed by atoms with E-state index in [-0.39, 0.29) is 0 Å². The molecule has 4 aliphatic rings. The molecule has 0 saturated carbocycles. The van der Waals surface area contributed by atoms with Crippen LogP contribution in [-0.2, 0) is 10.8 Å². The van der Waals surface area contributed by atoms with E-state index < -0.39 is 10.8 Å². The highest BCUT2D eigenvalue weighted by molar-refractivity contribution is 5.92. The van der Waals surface area contributed by atoms with Gasteiger partial charge in [0.25, 0.3) is 0 Å². The monoisotopic (exact) mass is 1350 g/mol. The normalized spacial score (nSPS) is 13.2. The maximum absolute atomic E-state index is 7.11. The van der Waals surface area contributed by atoms with E-state index >= 15 is 0 Å². The Morgan fingerprint density at radius 2 is 0.387 bits per heavy atom. The molecule has 2 aromatic heterocycles. The summed E-state index contributed by atoms with van der Waals surface area (Å²) in [6.45, 7) is 0. The molecular weight excluding hydrogens is 1290 g/mol. The van der Waals surface area contributed by atoms with E-state index in [1.165, 1.54) is 50.1 Å². The Morgan fingerprint density at radius 3 is 0.736 bits per heavy atom. The first-order chi connectivity index (χ1) is 52.5. The molecule has 0 unspecified atom stereocenters. The van der Waals surface area contributed by atoms with Gasteiger partial charge >= 0.3 is 0 Å². The largest absolute Gasteiger partial charge is 0.457 e. The van der Waals surface area contributed by atoms with Gasteiger partial charge in [0.1, 0.15) is 23.0 Å². The van der Waals surface area contributed by atoms with Gasteiger partial charge in [-0.05, 0) is 144 Å². The highest BCUT2D eigenvalue weighted by Crippen LogP contribution is 2.65. The first-order valence-corrected chi connectivity index (χ1v) is 36.1. The lowest BCUT2D eigenvalue weighted by Crippen LogP contribution is -2.32. The minimum atomic E-state index is -0.715. The smallest absolute Gasteiger partial charge is 0.160 e. The topological polar surface area (TPSA) is 70.0 Å². The van der Waals surface area contributed by atoms with Crippen LogP contribution in [-0.4, -0.2) is 19.9 Å². The average Bonchev–Trinajstić information content (AvgIpc) is 1.45. The van der Waals surface area contributed by atoms with Crippen molar-refractivity contribution in [2.75, 3.05) is 0 Å². The standard InChI is InChI=1S/C100H62N4O2/c1-4-20-63(21-5-1)64-36-44-70(45-37-64)91-61-89(68-22-6-2-7-23-68)101-97(103-91)73-50-42-67(43-51-73)76-54-57-96-88(60-76)100(83-32-16-12-28-79(83)80-29-13-17-33-84(80)100)87-59-75(53-56-95(87)106-96)65-38-46-71(47-39-65)92-62-90(69-24-8-3-9-25-69)102-98(104-92)72-48-40-66(41-49-72)74-52-55-94-86(58-74)99(85-34-18-19-35-93(85)105-94)81-30-14-10-26-77(81)78-27-11-15-31-82(78)99/h1-62H. The molecule has 4 heterocycles. The van der Waals surface area contributed by atoms with Gasteiger partial charge in [-0.25, -0.2) is 19.9 Å². The van der Waals surface area contributed by atoms with Crippen LogP contribution in [0.3, 0.4) is 0 Å². The third-order valence-electron chi connectivity index (χ3n) is 22.1. The molecule has 2 spiro atoms. The van der Waals surface area contributed by atoms with Crippen molar-refractivity contribution in [3.05, 3.63) is 421 Å². The van der Waals surface area contributed by atoms with Gasteiger partial charge in [0.2, 0.25) is 0 Å². The molecule has 106 heavy (non-hydrogen) atoms. The first-order valence-electron chi connectivity index (χ1n) is 36.1. The molecule has 17 aromatic rings. The Morgan fingerprint density at radius 1 is 0.160 bits per heavy atom. The molecule has 15 aromatic carbocycles. The number of rotatable bonds is 10. The van der Waals surface area contributed by atoms with Crippen LogP contribution in [0, 0.1) is 0 Å². The first kappa shape index (κ1) is 60.8. The number of hydrogen-bond acceptors (Lipinski definition) is 6. The second kappa shape index (κ2) is 24.4. The van der Waals surface area contributed by atoms with E-state index in [9.17, 15) is 0 Å². The van der Waals surface area contributed by atoms with Crippen molar-refractivity contribution in [3.8, 4) is 158 Å². The molecule has 494 valence electrons. The molecule has 0 N–H and O–H groups in total. The number of nitrogens with zero attached hydrogens (tertiary/aromatic N) is 4. The molecule has 0 radical (unpaired) electrons. The molecule has 0 saturated heterocycles. The lowest BCUT2D eigenvalue weighted by molar-refractivity contribution is 0.436. The van der Waals surface area contributed by atoms with Crippen LogP contribution in [0.25, 0.3) is 135 Å². The van der Waals surface area contributed by atoms with Crippen molar-refractivity contribution in [1.82, 2.24) is 19.9 Å². The van der Waals surface area contributed by atoms with E-state index in [0.29, 0.717) is 11.6 Å². The number of para-hydroxylation sites is 1. The van der Waals surface area contributed by atoms with Crippen LogP contribution in [0.15, 0.2) is 376 Å². The quantitative estimate of drug-likeness (QED) is 0.136. The summed E-state index contributed by atoms with van der Waals surface area (Å²) < 4.78 is 13.9. The second-order valence-electron chi connectivity index (χ2n) is 27.8. The van der Waals surface area contributed by atoms with E-state index in [1.54, 1.807) is 0 Å². The van der Waals surface area contributed by atoms with E-state index in [2.05, 4.69) is 358 Å². The highest BCUT2D eigenvalue weighted by atomic mass is 16.5. The number of benzene rings is 15. The lowest BCUT2D eigenvalue weighted by atomic mass is 9.65. The number of ether oxygens (including phenoxy) is 2. The summed E-state index contributed by atoms with van der Waals surface area (Å²) in [6, 6.07) is 135. The van der Waals surface area contributed by atoms with Crippen molar-refractivity contribution >= 4 is 0 Å². The fourth-order valence-corrected chi connectivity index (χ4v) is 17.2. The lowest BCUT2D eigenvalue weighted by Gasteiger charge is -2.40. The predicted octanol–water partition coefficient (Wildman–Crippen LogP) is 24.9. The zero-order valence-electron chi connectivity index (χ0n) is 57.4. The summed E-state index contributed by atoms with van der Waals surface area (Å²) >= 11 is 0. The zero-order chi connectivity index (χ0) is 69.9. The van der Waals surface area contributed by atoms with Crippen LogP contribution in [0.4, 0.5) is 0 Å². The van der Waals surface area contributed by atoms with Crippen molar-refractivity contribution in [2.45, 2.75) is 10.8 Å². The molecule has 0 atom stereocenters. The SMILES string of the molecule is c1ccc(-c2ccc(-c3cc(-c4ccccc4)nc(-c4ccc(-c5ccc6c(c5)C5(c7cc(-c8ccc(-c9cc(-c%10ccccc%10)nc(-c%10ccc(-c%11ccc%12c(c%11)C%11(c%13ccccc%13O%12)c%12ccccc%12-c%12ccccc%12%11)cc%10)n9)cc8)ccc7O6)c6ccccc6-c6ccccc65)cc4)n3)cc2)cc1. The Kier molecular flexibility index (Phi) is 14.0. The number of fused-ring (bicyclic) bond motifs is 18. The van der Waals surface area contributed by atoms with Gasteiger partial charge in [-0.15, -0.1) is 0 Å². The van der Waals surface area contributed by atoms with Crippen molar-refractivity contribution in [3.63, 3.8) is 0 Å². The molecule has 2 aliphatic carbocycles. The molecule has 21 rings (SSSR count). The minimum absolute atomic E-state index is 0.557. The van der Waals surface area contributed by atoms with Gasteiger partial charge in [-0.3, -0.25) is 0 Å². The van der Waals surface area contributed by atoms with Crippen molar-refractivity contribution in [1.29, 1.82) is 0 Å². The molecule has 6 heteroatoms. The van der Waals surface area contributed by atoms with Crippen LogP contribution in [0.2, 0.25) is 0 Å². The summed E-state index contributed by atoms with van der Waals surface area (Å²) in [5.41, 5.74) is 31.2. The zero-order valence-corrected chi connectivity index (χ0v) is 57.4. The van der Waals surface area contributed by atoms with Gasteiger partial charge in [-0.1, -0.05) is 322 Å². The van der Waals surface area contributed by atoms with Gasteiger partial charge in [0.15, 0.2) is 11.6 Å². The summed E-state index contributed by atoms with van der Waals surface area (Å²) in [5.74, 6) is 4.70. The van der Waals surface area contributed by atoms with Gasteiger partial charge in [-0.2, -0.15) is 0 Å². The molecule has 0 fully saturated rings. The van der Waals surface area contributed by atoms with Crippen LogP contribution < -0.4 is 9.47 Å².